The van der Waals surface area contributed by atoms with Crippen LogP contribution in [0.15, 0.2) is 0 Å². The Morgan fingerprint density at radius 3 is 2.00 bits per heavy atom. The van der Waals surface area contributed by atoms with Crippen LogP contribution in [0.1, 0.15) is 66.2 Å². The van der Waals surface area contributed by atoms with E-state index in [2.05, 4.69) is 27.7 Å². The summed E-state index contributed by atoms with van der Waals surface area (Å²) in [7, 11) is 0. The van der Waals surface area contributed by atoms with E-state index in [-0.39, 0.29) is 0 Å². The molecule has 94 valence electrons. The Balaban J connectivity index is 1.92. The summed E-state index contributed by atoms with van der Waals surface area (Å²) in [5, 5.41) is 0. The molecular formula is C16H30. The van der Waals surface area contributed by atoms with Gasteiger partial charge in [-0.15, -0.1) is 0 Å². The molecule has 0 bridgehead atoms. The summed E-state index contributed by atoms with van der Waals surface area (Å²) in [5.74, 6) is 6.07. The van der Waals surface area contributed by atoms with Crippen LogP contribution in [0.3, 0.4) is 0 Å². The van der Waals surface area contributed by atoms with E-state index in [4.69, 9.17) is 0 Å². The van der Waals surface area contributed by atoms with Gasteiger partial charge in [0.15, 0.2) is 0 Å². The first-order chi connectivity index (χ1) is 7.58. The molecule has 0 N–H and O–H groups in total. The molecule has 2 aliphatic rings. The van der Waals surface area contributed by atoms with Gasteiger partial charge in [-0.2, -0.15) is 0 Å². The molecule has 0 aromatic carbocycles. The van der Waals surface area contributed by atoms with Crippen molar-refractivity contribution in [1.29, 1.82) is 0 Å². The number of hydrogen-bond acceptors (Lipinski definition) is 0. The minimum Gasteiger partial charge on any atom is -0.0625 e. The second-order valence-electron chi connectivity index (χ2n) is 7.09. The van der Waals surface area contributed by atoms with Crippen molar-refractivity contribution in [2.45, 2.75) is 66.2 Å². The molecule has 2 aliphatic carbocycles. The van der Waals surface area contributed by atoms with Crippen LogP contribution in [0.2, 0.25) is 0 Å². The van der Waals surface area contributed by atoms with Crippen molar-refractivity contribution in [2.24, 2.45) is 35.5 Å². The molecule has 6 unspecified atom stereocenters. The molecule has 0 saturated heterocycles. The maximum atomic E-state index is 2.52. The zero-order valence-corrected chi connectivity index (χ0v) is 11.7. The first-order valence-electron chi connectivity index (χ1n) is 7.58. The molecule has 0 heteroatoms. The smallest absolute Gasteiger partial charge is 0.0360 e. The molecule has 0 radical (unpaired) electrons. The van der Waals surface area contributed by atoms with Gasteiger partial charge in [0.1, 0.15) is 0 Å². The fourth-order valence-electron chi connectivity index (χ4n) is 4.37. The largest absolute Gasteiger partial charge is 0.0625 e. The minimum atomic E-state index is 0.977. The van der Waals surface area contributed by atoms with Crippen molar-refractivity contribution in [3.8, 4) is 0 Å². The van der Waals surface area contributed by atoms with Crippen LogP contribution in [0.5, 0.6) is 0 Å². The van der Waals surface area contributed by atoms with Gasteiger partial charge in [-0.05, 0) is 61.2 Å². The predicted octanol–water partition coefficient (Wildman–Crippen LogP) is 5.13. The molecule has 0 aliphatic heterocycles. The predicted molar refractivity (Wildman–Crippen MR) is 71.3 cm³/mol. The van der Waals surface area contributed by atoms with E-state index in [1.165, 1.54) is 38.5 Å². The van der Waals surface area contributed by atoms with Crippen LogP contribution in [0, 0.1) is 35.5 Å². The molecule has 16 heavy (non-hydrogen) atoms. The average Bonchev–Trinajstić information content (AvgIpc) is 2.22. The van der Waals surface area contributed by atoms with E-state index in [1.54, 1.807) is 0 Å². The molecule has 2 saturated carbocycles. The summed E-state index contributed by atoms with van der Waals surface area (Å²) in [6.45, 7) is 9.89. The number of rotatable bonds is 1. The first-order valence-corrected chi connectivity index (χ1v) is 7.58. The summed E-state index contributed by atoms with van der Waals surface area (Å²) >= 11 is 0. The zero-order valence-electron chi connectivity index (χ0n) is 11.7. The van der Waals surface area contributed by atoms with Gasteiger partial charge in [-0.1, -0.05) is 40.5 Å². The summed E-state index contributed by atoms with van der Waals surface area (Å²) in [6.07, 6.45) is 9.04. The topological polar surface area (TPSA) is 0 Å². The van der Waals surface area contributed by atoms with Gasteiger partial charge in [-0.25, -0.2) is 0 Å². The fraction of sp³-hybridized carbons (Fsp3) is 1.00. The van der Waals surface area contributed by atoms with Gasteiger partial charge >= 0.3 is 0 Å². The Morgan fingerprint density at radius 1 is 0.625 bits per heavy atom. The second kappa shape index (κ2) is 5.10. The van der Waals surface area contributed by atoms with Gasteiger partial charge < -0.3 is 0 Å². The van der Waals surface area contributed by atoms with Crippen molar-refractivity contribution < 1.29 is 0 Å². The van der Waals surface area contributed by atoms with E-state index < -0.39 is 0 Å². The average molecular weight is 222 g/mol. The molecule has 0 aromatic heterocycles. The Labute approximate surface area is 102 Å². The van der Waals surface area contributed by atoms with Gasteiger partial charge in [0.05, 0.1) is 0 Å². The van der Waals surface area contributed by atoms with Crippen LogP contribution in [0.25, 0.3) is 0 Å². The van der Waals surface area contributed by atoms with Crippen molar-refractivity contribution >= 4 is 0 Å². The molecular weight excluding hydrogens is 192 g/mol. The molecule has 2 rings (SSSR count). The van der Waals surface area contributed by atoms with Crippen LogP contribution in [0.4, 0.5) is 0 Å². The maximum Gasteiger partial charge on any atom is -0.0360 e. The second-order valence-corrected chi connectivity index (χ2v) is 7.09. The summed E-state index contributed by atoms with van der Waals surface area (Å²) in [6, 6.07) is 0. The lowest BCUT2D eigenvalue weighted by molar-refractivity contribution is 0.0810. The fourth-order valence-corrected chi connectivity index (χ4v) is 4.37. The van der Waals surface area contributed by atoms with Gasteiger partial charge in [-0.3, -0.25) is 0 Å². The van der Waals surface area contributed by atoms with Crippen LogP contribution >= 0.6 is 0 Å². The standard InChI is InChI=1S/C16H30/c1-11-5-8-16(14(4)9-11)15-7-6-12(2)13(3)10-15/h11-16H,5-10H2,1-4H3. The molecule has 0 aromatic rings. The lowest BCUT2D eigenvalue weighted by Gasteiger charge is -2.42. The lowest BCUT2D eigenvalue weighted by Crippen LogP contribution is -2.32. The summed E-state index contributed by atoms with van der Waals surface area (Å²) in [4.78, 5) is 0. The SMILES string of the molecule is CC1CCC(C2CCC(C)C(C)C2)C(C)C1. The Hall–Kier alpha value is 0. The third-order valence-corrected chi connectivity index (χ3v) is 5.74. The highest BCUT2D eigenvalue weighted by molar-refractivity contribution is 4.85. The van der Waals surface area contributed by atoms with Crippen LogP contribution < -0.4 is 0 Å². The molecule has 6 atom stereocenters. The third-order valence-electron chi connectivity index (χ3n) is 5.74. The van der Waals surface area contributed by atoms with Crippen molar-refractivity contribution in [1.82, 2.24) is 0 Å². The normalized spacial score (nSPS) is 50.2. The molecule has 0 spiro atoms. The first kappa shape index (κ1) is 12.5. The minimum absolute atomic E-state index is 0.977. The Bertz CT molecular complexity index is 220. The van der Waals surface area contributed by atoms with Crippen LogP contribution in [-0.2, 0) is 0 Å². The Morgan fingerprint density at radius 2 is 1.38 bits per heavy atom. The quantitative estimate of drug-likeness (QED) is 0.577. The van der Waals surface area contributed by atoms with E-state index in [0.29, 0.717) is 0 Å². The highest BCUT2D eigenvalue weighted by Crippen LogP contribution is 2.45. The number of hydrogen-bond donors (Lipinski definition) is 0. The van der Waals surface area contributed by atoms with E-state index in [1.807, 2.05) is 0 Å². The van der Waals surface area contributed by atoms with Crippen molar-refractivity contribution in [3.63, 3.8) is 0 Å². The summed E-state index contributed by atoms with van der Waals surface area (Å²) in [5.41, 5.74) is 0. The van der Waals surface area contributed by atoms with Crippen molar-refractivity contribution in [2.75, 3.05) is 0 Å². The Kier molecular flexibility index (Phi) is 3.97. The molecule has 0 heterocycles. The van der Waals surface area contributed by atoms with Gasteiger partial charge in [0, 0.05) is 0 Å². The van der Waals surface area contributed by atoms with E-state index >= 15 is 0 Å². The molecule has 0 nitrogen and oxygen atoms in total. The lowest BCUT2D eigenvalue weighted by atomic mass is 9.63. The van der Waals surface area contributed by atoms with E-state index in [9.17, 15) is 0 Å². The van der Waals surface area contributed by atoms with Crippen molar-refractivity contribution in [3.05, 3.63) is 0 Å². The molecule has 0 amide bonds. The summed E-state index contributed by atoms with van der Waals surface area (Å²) < 4.78 is 0. The monoisotopic (exact) mass is 222 g/mol. The van der Waals surface area contributed by atoms with Gasteiger partial charge in [0.2, 0.25) is 0 Å². The zero-order chi connectivity index (χ0) is 11.7. The van der Waals surface area contributed by atoms with Crippen LogP contribution in [-0.4, -0.2) is 0 Å². The molecule has 2 fully saturated rings. The highest BCUT2D eigenvalue weighted by Gasteiger charge is 2.35. The third kappa shape index (κ3) is 2.63. The highest BCUT2D eigenvalue weighted by atomic mass is 14.4. The maximum absolute atomic E-state index is 2.52. The van der Waals surface area contributed by atoms with E-state index in [0.717, 1.165) is 35.5 Å². The van der Waals surface area contributed by atoms with Gasteiger partial charge in [0.25, 0.3) is 0 Å².